The molecule has 0 amide bonds. The topological polar surface area (TPSA) is 25.8 Å². The van der Waals surface area contributed by atoms with Gasteiger partial charge in [0.1, 0.15) is 9.98 Å². The standard InChI is InChI=1S/C13H6ClF3N2S/c14-10-9-8(7-4-2-1-3-5-7)6-20-11(9)19-12(18-10)13(15,16)17/h1-6H. The van der Waals surface area contributed by atoms with Gasteiger partial charge < -0.3 is 0 Å². The van der Waals surface area contributed by atoms with E-state index in [1.807, 2.05) is 30.3 Å². The number of alkyl halides is 3. The Morgan fingerprint density at radius 3 is 2.40 bits per heavy atom. The maximum absolute atomic E-state index is 12.6. The lowest BCUT2D eigenvalue weighted by Gasteiger charge is -2.06. The van der Waals surface area contributed by atoms with Gasteiger partial charge in [-0.1, -0.05) is 41.9 Å². The lowest BCUT2D eigenvalue weighted by atomic mass is 10.1. The zero-order valence-corrected chi connectivity index (χ0v) is 11.4. The molecule has 2 aromatic heterocycles. The van der Waals surface area contributed by atoms with Crippen LogP contribution in [0.3, 0.4) is 0 Å². The Balaban J connectivity index is 2.24. The average molecular weight is 315 g/mol. The van der Waals surface area contributed by atoms with Crippen molar-refractivity contribution in [2.24, 2.45) is 0 Å². The molecule has 20 heavy (non-hydrogen) atoms. The van der Waals surface area contributed by atoms with Crippen molar-refractivity contribution in [3.05, 3.63) is 46.7 Å². The third-order valence-electron chi connectivity index (χ3n) is 2.73. The summed E-state index contributed by atoms with van der Waals surface area (Å²) in [6.07, 6.45) is -4.60. The molecular formula is C13H6ClF3N2S. The molecule has 0 radical (unpaired) electrons. The number of rotatable bonds is 1. The molecule has 1 aromatic carbocycles. The van der Waals surface area contributed by atoms with Crippen molar-refractivity contribution in [3.8, 4) is 11.1 Å². The first-order valence-electron chi connectivity index (χ1n) is 5.54. The molecule has 0 aliphatic heterocycles. The summed E-state index contributed by atoms with van der Waals surface area (Å²) in [5.41, 5.74) is 1.60. The number of halogens is 4. The van der Waals surface area contributed by atoms with Gasteiger partial charge in [0, 0.05) is 10.9 Å². The van der Waals surface area contributed by atoms with Gasteiger partial charge in [-0.25, -0.2) is 9.97 Å². The van der Waals surface area contributed by atoms with Crippen molar-refractivity contribution in [2.45, 2.75) is 6.18 Å². The largest absolute Gasteiger partial charge is 0.451 e. The number of hydrogen-bond donors (Lipinski definition) is 0. The van der Waals surface area contributed by atoms with Gasteiger partial charge in [0.25, 0.3) is 0 Å². The summed E-state index contributed by atoms with van der Waals surface area (Å²) < 4.78 is 37.9. The van der Waals surface area contributed by atoms with Crippen LogP contribution in [-0.2, 0) is 6.18 Å². The lowest BCUT2D eigenvalue weighted by molar-refractivity contribution is -0.144. The highest BCUT2D eigenvalue weighted by Gasteiger charge is 2.36. The lowest BCUT2D eigenvalue weighted by Crippen LogP contribution is -2.10. The normalized spacial score (nSPS) is 12.0. The SMILES string of the molecule is FC(F)(F)c1nc(Cl)c2c(-c3ccccc3)csc2n1. The minimum Gasteiger partial charge on any atom is -0.213 e. The highest BCUT2D eigenvalue weighted by molar-refractivity contribution is 7.17. The first-order valence-corrected chi connectivity index (χ1v) is 6.80. The van der Waals surface area contributed by atoms with Crippen LogP contribution >= 0.6 is 22.9 Å². The molecule has 0 saturated heterocycles. The third kappa shape index (κ3) is 2.25. The maximum Gasteiger partial charge on any atom is 0.451 e. The molecule has 102 valence electrons. The molecule has 0 aliphatic rings. The molecule has 3 rings (SSSR count). The summed E-state index contributed by atoms with van der Waals surface area (Å²) in [7, 11) is 0. The summed E-state index contributed by atoms with van der Waals surface area (Å²) in [5, 5.41) is 2.01. The Labute approximate surface area is 120 Å². The number of aromatic nitrogens is 2. The summed E-state index contributed by atoms with van der Waals surface area (Å²) >= 11 is 7.04. The Kier molecular flexibility index (Phi) is 3.14. The number of hydrogen-bond acceptors (Lipinski definition) is 3. The van der Waals surface area contributed by atoms with E-state index in [9.17, 15) is 13.2 Å². The first kappa shape index (κ1) is 13.3. The van der Waals surface area contributed by atoms with E-state index in [2.05, 4.69) is 9.97 Å². The Morgan fingerprint density at radius 2 is 1.75 bits per heavy atom. The van der Waals surface area contributed by atoms with E-state index >= 15 is 0 Å². The second-order valence-corrected chi connectivity index (χ2v) is 5.25. The monoisotopic (exact) mass is 314 g/mol. The van der Waals surface area contributed by atoms with Gasteiger partial charge in [0.2, 0.25) is 5.82 Å². The van der Waals surface area contributed by atoms with E-state index in [0.717, 1.165) is 22.5 Å². The summed E-state index contributed by atoms with van der Waals surface area (Å²) in [6, 6.07) is 9.26. The van der Waals surface area contributed by atoms with Crippen LogP contribution in [-0.4, -0.2) is 9.97 Å². The predicted octanol–water partition coefficient (Wildman–Crippen LogP) is 5.03. The fraction of sp³-hybridized carbons (Fsp3) is 0.0769. The fourth-order valence-electron chi connectivity index (χ4n) is 1.86. The average Bonchev–Trinajstić information content (AvgIpc) is 2.83. The molecule has 2 nitrogen and oxygen atoms in total. The molecule has 0 unspecified atom stereocenters. The zero-order valence-electron chi connectivity index (χ0n) is 9.78. The maximum atomic E-state index is 12.6. The van der Waals surface area contributed by atoms with Crippen molar-refractivity contribution in [1.29, 1.82) is 0 Å². The molecule has 0 bridgehead atoms. The van der Waals surface area contributed by atoms with Crippen molar-refractivity contribution < 1.29 is 13.2 Å². The van der Waals surface area contributed by atoms with Gasteiger partial charge in [-0.2, -0.15) is 13.2 Å². The minimum atomic E-state index is -4.60. The van der Waals surface area contributed by atoms with Crippen LogP contribution in [0.25, 0.3) is 21.3 Å². The van der Waals surface area contributed by atoms with Crippen LogP contribution in [0.4, 0.5) is 13.2 Å². The number of fused-ring (bicyclic) bond motifs is 1. The fourth-order valence-corrected chi connectivity index (χ4v) is 3.13. The van der Waals surface area contributed by atoms with Crippen LogP contribution in [0.1, 0.15) is 5.82 Å². The Hall–Kier alpha value is -1.66. The molecule has 0 N–H and O–H groups in total. The molecule has 0 fully saturated rings. The van der Waals surface area contributed by atoms with Crippen molar-refractivity contribution in [2.75, 3.05) is 0 Å². The molecule has 0 saturated carbocycles. The van der Waals surface area contributed by atoms with Crippen molar-refractivity contribution >= 4 is 33.2 Å². The highest BCUT2D eigenvalue weighted by atomic mass is 35.5. The van der Waals surface area contributed by atoms with E-state index in [1.165, 1.54) is 0 Å². The molecule has 3 aromatic rings. The highest BCUT2D eigenvalue weighted by Crippen LogP contribution is 2.38. The van der Waals surface area contributed by atoms with E-state index in [-0.39, 0.29) is 9.98 Å². The Bertz CT molecular complexity index is 768. The van der Waals surface area contributed by atoms with Crippen LogP contribution in [0.15, 0.2) is 35.7 Å². The van der Waals surface area contributed by atoms with E-state index < -0.39 is 12.0 Å². The van der Waals surface area contributed by atoms with E-state index in [4.69, 9.17) is 11.6 Å². The van der Waals surface area contributed by atoms with Gasteiger partial charge in [0.15, 0.2) is 0 Å². The second kappa shape index (κ2) is 4.71. The molecule has 0 aliphatic carbocycles. The molecule has 0 spiro atoms. The van der Waals surface area contributed by atoms with Gasteiger partial charge in [-0.3, -0.25) is 0 Å². The summed E-state index contributed by atoms with van der Waals surface area (Å²) in [4.78, 5) is 7.15. The molecule has 0 atom stereocenters. The van der Waals surface area contributed by atoms with E-state index in [1.54, 1.807) is 5.38 Å². The van der Waals surface area contributed by atoms with Crippen LogP contribution in [0.5, 0.6) is 0 Å². The van der Waals surface area contributed by atoms with Crippen LogP contribution < -0.4 is 0 Å². The molecule has 2 heterocycles. The van der Waals surface area contributed by atoms with Gasteiger partial charge in [-0.05, 0) is 5.56 Å². The number of nitrogens with zero attached hydrogens (tertiary/aromatic N) is 2. The van der Waals surface area contributed by atoms with Crippen molar-refractivity contribution in [3.63, 3.8) is 0 Å². The number of thiophene rings is 1. The number of benzene rings is 1. The smallest absolute Gasteiger partial charge is 0.213 e. The van der Waals surface area contributed by atoms with Crippen LogP contribution in [0, 0.1) is 0 Å². The zero-order chi connectivity index (χ0) is 14.3. The van der Waals surface area contributed by atoms with Crippen molar-refractivity contribution in [1.82, 2.24) is 9.97 Å². The van der Waals surface area contributed by atoms with Gasteiger partial charge >= 0.3 is 6.18 Å². The Morgan fingerprint density at radius 1 is 1.05 bits per heavy atom. The summed E-state index contributed by atoms with van der Waals surface area (Å²) in [5.74, 6) is -1.21. The first-order chi connectivity index (χ1) is 9.47. The van der Waals surface area contributed by atoms with Gasteiger partial charge in [-0.15, -0.1) is 11.3 Å². The predicted molar refractivity (Wildman–Crippen MR) is 72.9 cm³/mol. The summed E-state index contributed by atoms with van der Waals surface area (Å²) in [6.45, 7) is 0. The quantitative estimate of drug-likeness (QED) is 0.589. The minimum absolute atomic E-state index is 0.178. The molecule has 7 heteroatoms. The van der Waals surface area contributed by atoms with E-state index in [0.29, 0.717) is 5.39 Å². The molecular weight excluding hydrogens is 309 g/mol. The third-order valence-corrected chi connectivity index (χ3v) is 3.87. The van der Waals surface area contributed by atoms with Crippen LogP contribution in [0.2, 0.25) is 5.15 Å². The van der Waals surface area contributed by atoms with Gasteiger partial charge in [0.05, 0.1) is 5.39 Å². The second-order valence-electron chi connectivity index (χ2n) is 4.03.